The van der Waals surface area contributed by atoms with E-state index in [1.807, 2.05) is 6.92 Å². The van der Waals surface area contributed by atoms with Gasteiger partial charge in [0.25, 0.3) is 0 Å². The van der Waals surface area contributed by atoms with E-state index in [-0.39, 0.29) is 5.41 Å². The second-order valence-corrected chi connectivity index (χ2v) is 3.65. The van der Waals surface area contributed by atoms with Gasteiger partial charge in [0.1, 0.15) is 0 Å². The monoisotopic (exact) mass is 155 g/mol. The third-order valence-corrected chi connectivity index (χ3v) is 2.42. The molecule has 1 saturated carbocycles. The predicted molar refractivity (Wildman–Crippen MR) is 39.4 cm³/mol. The highest BCUT2D eigenvalue weighted by molar-refractivity contribution is 4.99. The zero-order chi connectivity index (χ0) is 8.54. The van der Waals surface area contributed by atoms with E-state index in [4.69, 9.17) is 15.5 Å². The lowest BCUT2D eigenvalue weighted by atomic mass is 9.75. The minimum atomic E-state index is -1.52. The fourth-order valence-electron chi connectivity index (χ4n) is 1.31. The van der Waals surface area contributed by atoms with Crippen molar-refractivity contribution in [2.24, 2.45) is 5.41 Å². The zero-order valence-electron chi connectivity index (χ0n) is 6.67. The first kappa shape index (κ1) is 8.51. The SMILES string of the molecule is CC1(C#N)CCC(O)(O)CC1. The largest absolute Gasteiger partial charge is 0.366 e. The van der Waals surface area contributed by atoms with Gasteiger partial charge in [0.2, 0.25) is 0 Å². The Kier molecular flexibility index (Phi) is 1.91. The number of hydrogen-bond acceptors (Lipinski definition) is 3. The van der Waals surface area contributed by atoms with Gasteiger partial charge in [-0.1, -0.05) is 0 Å². The van der Waals surface area contributed by atoms with Crippen molar-refractivity contribution in [1.29, 1.82) is 5.26 Å². The maximum atomic E-state index is 9.15. The van der Waals surface area contributed by atoms with Crippen LogP contribution in [0.4, 0.5) is 0 Å². The molecular formula is C8H13NO2. The summed E-state index contributed by atoms with van der Waals surface area (Å²) in [5, 5.41) is 27.0. The predicted octanol–water partition coefficient (Wildman–Crippen LogP) is 0.771. The molecule has 2 N–H and O–H groups in total. The van der Waals surface area contributed by atoms with Crippen LogP contribution in [0.2, 0.25) is 0 Å². The average Bonchev–Trinajstić information content (AvgIpc) is 1.97. The molecule has 0 unspecified atom stereocenters. The Morgan fingerprint density at radius 1 is 1.18 bits per heavy atom. The lowest BCUT2D eigenvalue weighted by Gasteiger charge is -2.34. The molecule has 3 nitrogen and oxygen atoms in total. The van der Waals surface area contributed by atoms with Gasteiger partial charge in [-0.15, -0.1) is 0 Å². The van der Waals surface area contributed by atoms with E-state index in [1.54, 1.807) is 0 Å². The van der Waals surface area contributed by atoms with Gasteiger partial charge in [0.15, 0.2) is 5.79 Å². The highest BCUT2D eigenvalue weighted by Crippen LogP contribution is 2.38. The van der Waals surface area contributed by atoms with Crippen LogP contribution in [0.1, 0.15) is 32.6 Å². The fraction of sp³-hybridized carbons (Fsp3) is 0.875. The van der Waals surface area contributed by atoms with Crippen LogP contribution in [0.25, 0.3) is 0 Å². The fourth-order valence-corrected chi connectivity index (χ4v) is 1.31. The van der Waals surface area contributed by atoms with Crippen LogP contribution >= 0.6 is 0 Å². The molecule has 0 aromatic carbocycles. The molecule has 0 spiro atoms. The molecule has 0 aromatic heterocycles. The van der Waals surface area contributed by atoms with Crippen LogP contribution in [-0.2, 0) is 0 Å². The Bertz CT molecular complexity index is 183. The van der Waals surface area contributed by atoms with Crippen molar-refractivity contribution < 1.29 is 10.2 Å². The van der Waals surface area contributed by atoms with Crippen LogP contribution in [0.15, 0.2) is 0 Å². The maximum absolute atomic E-state index is 9.15. The summed E-state index contributed by atoms with van der Waals surface area (Å²) in [6.45, 7) is 1.86. The second-order valence-electron chi connectivity index (χ2n) is 3.65. The molecule has 0 saturated heterocycles. The topological polar surface area (TPSA) is 64.2 Å². The molecule has 0 heterocycles. The van der Waals surface area contributed by atoms with Crippen molar-refractivity contribution in [1.82, 2.24) is 0 Å². The Hall–Kier alpha value is -0.590. The molecule has 0 amide bonds. The minimum absolute atomic E-state index is 0.317. The Morgan fingerprint density at radius 3 is 2.00 bits per heavy atom. The lowest BCUT2D eigenvalue weighted by Crippen LogP contribution is -2.36. The van der Waals surface area contributed by atoms with Crippen molar-refractivity contribution in [2.45, 2.75) is 38.4 Å². The molecule has 0 bridgehead atoms. The third-order valence-electron chi connectivity index (χ3n) is 2.42. The molecule has 11 heavy (non-hydrogen) atoms. The highest BCUT2D eigenvalue weighted by Gasteiger charge is 2.37. The van der Waals surface area contributed by atoms with Gasteiger partial charge in [0, 0.05) is 12.8 Å². The van der Waals surface area contributed by atoms with Crippen molar-refractivity contribution in [3.63, 3.8) is 0 Å². The van der Waals surface area contributed by atoms with Gasteiger partial charge in [0.05, 0.1) is 11.5 Å². The average molecular weight is 155 g/mol. The Balaban J connectivity index is 2.56. The molecule has 1 aliphatic carbocycles. The van der Waals surface area contributed by atoms with Crippen molar-refractivity contribution in [3.05, 3.63) is 0 Å². The van der Waals surface area contributed by atoms with Crippen LogP contribution in [0.3, 0.4) is 0 Å². The minimum Gasteiger partial charge on any atom is -0.366 e. The summed E-state index contributed by atoms with van der Waals surface area (Å²) < 4.78 is 0. The summed E-state index contributed by atoms with van der Waals surface area (Å²) in [6, 6.07) is 2.20. The number of aliphatic hydroxyl groups is 2. The summed E-state index contributed by atoms with van der Waals surface area (Å²) in [6.07, 6.45) is 1.79. The van der Waals surface area contributed by atoms with E-state index in [9.17, 15) is 0 Å². The smallest absolute Gasteiger partial charge is 0.162 e. The molecule has 1 aliphatic rings. The van der Waals surface area contributed by atoms with E-state index in [0.717, 1.165) is 0 Å². The molecule has 0 aliphatic heterocycles. The highest BCUT2D eigenvalue weighted by atomic mass is 16.5. The Morgan fingerprint density at radius 2 is 1.64 bits per heavy atom. The van der Waals surface area contributed by atoms with Gasteiger partial charge in [-0.3, -0.25) is 0 Å². The van der Waals surface area contributed by atoms with Crippen LogP contribution in [0, 0.1) is 16.7 Å². The standard InChI is InChI=1S/C8H13NO2/c1-7(6-9)2-4-8(10,11)5-3-7/h10-11H,2-5H2,1H3. The molecule has 1 fully saturated rings. The number of hydrogen-bond donors (Lipinski definition) is 2. The van der Waals surface area contributed by atoms with Gasteiger partial charge >= 0.3 is 0 Å². The van der Waals surface area contributed by atoms with E-state index in [2.05, 4.69) is 6.07 Å². The molecule has 1 rings (SSSR count). The molecule has 0 radical (unpaired) electrons. The van der Waals surface area contributed by atoms with Crippen molar-refractivity contribution >= 4 is 0 Å². The van der Waals surface area contributed by atoms with E-state index < -0.39 is 5.79 Å². The van der Waals surface area contributed by atoms with Crippen molar-refractivity contribution in [2.75, 3.05) is 0 Å². The normalized spacial score (nSPS) is 27.5. The van der Waals surface area contributed by atoms with E-state index in [1.165, 1.54) is 0 Å². The molecule has 3 heteroatoms. The Labute approximate surface area is 66.3 Å². The maximum Gasteiger partial charge on any atom is 0.162 e. The second kappa shape index (κ2) is 2.47. The first-order valence-electron chi connectivity index (χ1n) is 3.84. The van der Waals surface area contributed by atoms with Gasteiger partial charge in [-0.25, -0.2) is 0 Å². The van der Waals surface area contributed by atoms with Crippen LogP contribution < -0.4 is 0 Å². The quantitative estimate of drug-likeness (QED) is 0.508. The molecule has 62 valence electrons. The van der Waals surface area contributed by atoms with E-state index in [0.29, 0.717) is 25.7 Å². The van der Waals surface area contributed by atoms with Crippen LogP contribution in [0.5, 0.6) is 0 Å². The molecular weight excluding hydrogens is 142 g/mol. The number of nitriles is 1. The third kappa shape index (κ3) is 1.92. The molecule has 0 aromatic rings. The zero-order valence-corrected chi connectivity index (χ0v) is 6.67. The van der Waals surface area contributed by atoms with E-state index >= 15 is 0 Å². The number of nitrogens with zero attached hydrogens (tertiary/aromatic N) is 1. The van der Waals surface area contributed by atoms with Crippen molar-refractivity contribution in [3.8, 4) is 6.07 Å². The number of rotatable bonds is 0. The van der Waals surface area contributed by atoms with Gasteiger partial charge in [-0.05, 0) is 19.8 Å². The summed E-state index contributed by atoms with van der Waals surface area (Å²) in [7, 11) is 0. The van der Waals surface area contributed by atoms with Gasteiger partial charge in [-0.2, -0.15) is 5.26 Å². The lowest BCUT2D eigenvalue weighted by molar-refractivity contribution is -0.189. The van der Waals surface area contributed by atoms with Gasteiger partial charge < -0.3 is 10.2 Å². The molecule has 0 atom stereocenters. The van der Waals surface area contributed by atoms with Crippen LogP contribution in [-0.4, -0.2) is 16.0 Å². The summed E-state index contributed by atoms with van der Waals surface area (Å²) >= 11 is 0. The summed E-state index contributed by atoms with van der Waals surface area (Å²) in [4.78, 5) is 0. The first-order chi connectivity index (χ1) is 4.97. The summed E-state index contributed by atoms with van der Waals surface area (Å²) in [5.74, 6) is -1.52. The summed E-state index contributed by atoms with van der Waals surface area (Å²) in [5.41, 5.74) is -0.338. The first-order valence-corrected chi connectivity index (χ1v) is 3.84.